The van der Waals surface area contributed by atoms with Crippen molar-refractivity contribution in [2.75, 3.05) is 7.11 Å². The number of pyridine rings is 1. The first-order valence-electron chi connectivity index (χ1n) is 8.72. The minimum atomic E-state index is 0.523. The third kappa shape index (κ3) is 2.84. The van der Waals surface area contributed by atoms with Crippen molar-refractivity contribution in [3.05, 3.63) is 72.5 Å². The molecule has 0 saturated carbocycles. The second-order valence-electron chi connectivity index (χ2n) is 6.17. The highest BCUT2D eigenvalue weighted by atomic mass is 32.1. The number of nitrogens with zero attached hydrogens (tertiary/aromatic N) is 3. The zero-order valence-corrected chi connectivity index (χ0v) is 15.8. The molecule has 5 rings (SSSR count). The zero-order chi connectivity index (χ0) is 18.9. The van der Waals surface area contributed by atoms with Crippen LogP contribution < -0.4 is 9.47 Å². The smallest absolute Gasteiger partial charge is 0.231 e. The normalized spacial score (nSPS) is 11.0. The van der Waals surface area contributed by atoms with Crippen LogP contribution in [-0.4, -0.2) is 22.1 Å². The molecular formula is C22H15N3O2S. The molecule has 3 heterocycles. The fraction of sp³-hybridized carbons (Fsp3) is 0.0455. The van der Waals surface area contributed by atoms with Crippen LogP contribution in [-0.2, 0) is 0 Å². The van der Waals surface area contributed by atoms with Crippen LogP contribution in [0.5, 0.6) is 17.4 Å². The molecule has 0 aliphatic carbocycles. The molecule has 136 valence electrons. The molecule has 5 aromatic rings. The van der Waals surface area contributed by atoms with Crippen LogP contribution in [0.4, 0.5) is 0 Å². The van der Waals surface area contributed by atoms with E-state index in [1.54, 1.807) is 24.6 Å². The largest absolute Gasteiger partial charge is 0.497 e. The Balaban J connectivity index is 1.64. The first-order valence-corrected chi connectivity index (χ1v) is 9.59. The van der Waals surface area contributed by atoms with Crippen molar-refractivity contribution in [3.8, 4) is 28.5 Å². The molecule has 6 heteroatoms. The number of methoxy groups -OCH3 is 1. The van der Waals surface area contributed by atoms with Crippen LogP contribution >= 0.6 is 11.3 Å². The lowest BCUT2D eigenvalue weighted by molar-refractivity contribution is 0.415. The van der Waals surface area contributed by atoms with E-state index in [1.165, 1.54) is 6.33 Å². The standard InChI is InChI=1S/C22H15N3O2S/c1-26-16-9-7-14(8-10-16)17-12-28-22-19(17)21(24-13-25-22)27-18-6-2-4-15-5-3-11-23-20(15)18/h2-13H,1H3. The molecule has 0 amide bonds. The fourth-order valence-electron chi connectivity index (χ4n) is 3.17. The molecule has 2 aromatic carbocycles. The molecule has 0 saturated heterocycles. The minimum absolute atomic E-state index is 0.523. The number of ether oxygens (including phenoxy) is 2. The van der Waals surface area contributed by atoms with Crippen LogP contribution in [0, 0.1) is 0 Å². The summed E-state index contributed by atoms with van der Waals surface area (Å²) in [5.41, 5.74) is 2.90. The highest BCUT2D eigenvalue weighted by molar-refractivity contribution is 7.17. The Morgan fingerprint density at radius 3 is 2.61 bits per heavy atom. The predicted octanol–water partition coefficient (Wildman–Crippen LogP) is 5.71. The molecule has 28 heavy (non-hydrogen) atoms. The summed E-state index contributed by atoms with van der Waals surface area (Å²) >= 11 is 1.57. The molecular weight excluding hydrogens is 370 g/mol. The monoisotopic (exact) mass is 385 g/mol. The van der Waals surface area contributed by atoms with Crippen molar-refractivity contribution in [2.24, 2.45) is 0 Å². The molecule has 0 atom stereocenters. The Labute approximate surface area is 165 Å². The average molecular weight is 385 g/mol. The summed E-state index contributed by atoms with van der Waals surface area (Å²) in [6.07, 6.45) is 3.29. The van der Waals surface area contributed by atoms with Crippen LogP contribution in [0.15, 0.2) is 72.5 Å². The van der Waals surface area contributed by atoms with E-state index in [2.05, 4.69) is 20.3 Å². The number of aromatic nitrogens is 3. The highest BCUT2D eigenvalue weighted by Crippen LogP contribution is 2.40. The van der Waals surface area contributed by atoms with Crippen LogP contribution in [0.2, 0.25) is 0 Å². The first kappa shape index (κ1) is 16.6. The summed E-state index contributed by atoms with van der Waals surface area (Å²) in [5, 5.41) is 3.99. The van der Waals surface area contributed by atoms with Gasteiger partial charge in [0.1, 0.15) is 22.4 Å². The lowest BCUT2D eigenvalue weighted by Crippen LogP contribution is -1.92. The topological polar surface area (TPSA) is 57.1 Å². The second-order valence-corrected chi connectivity index (χ2v) is 7.03. The lowest BCUT2D eigenvalue weighted by Gasteiger charge is -2.09. The van der Waals surface area contributed by atoms with Gasteiger partial charge < -0.3 is 9.47 Å². The van der Waals surface area contributed by atoms with Gasteiger partial charge >= 0.3 is 0 Å². The van der Waals surface area contributed by atoms with Gasteiger partial charge in [0, 0.05) is 22.5 Å². The molecule has 0 spiro atoms. The van der Waals surface area contributed by atoms with E-state index in [0.717, 1.165) is 38.0 Å². The maximum Gasteiger partial charge on any atom is 0.231 e. The van der Waals surface area contributed by atoms with Crippen LogP contribution in [0.25, 0.3) is 32.2 Å². The third-order valence-electron chi connectivity index (χ3n) is 4.54. The van der Waals surface area contributed by atoms with Crippen molar-refractivity contribution in [2.45, 2.75) is 0 Å². The van der Waals surface area contributed by atoms with E-state index in [4.69, 9.17) is 9.47 Å². The fourth-order valence-corrected chi connectivity index (χ4v) is 4.08. The highest BCUT2D eigenvalue weighted by Gasteiger charge is 2.16. The molecule has 5 nitrogen and oxygen atoms in total. The number of hydrogen-bond acceptors (Lipinski definition) is 6. The average Bonchev–Trinajstić information content (AvgIpc) is 3.19. The summed E-state index contributed by atoms with van der Waals surface area (Å²) in [5.74, 6) is 2.01. The van der Waals surface area contributed by atoms with E-state index >= 15 is 0 Å². The molecule has 0 aliphatic heterocycles. The maximum atomic E-state index is 6.24. The van der Waals surface area contributed by atoms with Crippen molar-refractivity contribution in [1.82, 2.24) is 15.0 Å². The number of hydrogen-bond donors (Lipinski definition) is 0. The summed E-state index contributed by atoms with van der Waals surface area (Å²) in [7, 11) is 1.66. The SMILES string of the molecule is COc1ccc(-c2csc3ncnc(Oc4cccc5cccnc45)c23)cc1. The molecule has 0 fully saturated rings. The molecule has 0 unspecified atom stereocenters. The van der Waals surface area contributed by atoms with Gasteiger partial charge in [0.2, 0.25) is 5.88 Å². The Morgan fingerprint density at radius 2 is 1.75 bits per heavy atom. The van der Waals surface area contributed by atoms with Gasteiger partial charge in [-0.05, 0) is 29.8 Å². The number of fused-ring (bicyclic) bond motifs is 2. The number of benzene rings is 2. The van der Waals surface area contributed by atoms with Gasteiger partial charge in [0.15, 0.2) is 5.75 Å². The third-order valence-corrected chi connectivity index (χ3v) is 5.43. The molecule has 0 N–H and O–H groups in total. The summed E-state index contributed by atoms with van der Waals surface area (Å²) in [6.45, 7) is 0. The van der Waals surface area contributed by atoms with Crippen LogP contribution in [0.1, 0.15) is 0 Å². The van der Waals surface area contributed by atoms with Gasteiger partial charge in [-0.25, -0.2) is 9.97 Å². The number of para-hydroxylation sites is 1. The summed E-state index contributed by atoms with van der Waals surface area (Å²) in [4.78, 5) is 14.2. The Kier molecular flexibility index (Phi) is 4.10. The predicted molar refractivity (Wildman–Crippen MR) is 111 cm³/mol. The van der Waals surface area contributed by atoms with E-state index in [0.29, 0.717) is 11.6 Å². The van der Waals surface area contributed by atoms with E-state index in [1.807, 2.05) is 54.6 Å². The van der Waals surface area contributed by atoms with E-state index in [-0.39, 0.29) is 0 Å². The van der Waals surface area contributed by atoms with Crippen molar-refractivity contribution in [3.63, 3.8) is 0 Å². The molecule has 0 radical (unpaired) electrons. The van der Waals surface area contributed by atoms with Gasteiger partial charge in [0.05, 0.1) is 12.5 Å². The van der Waals surface area contributed by atoms with Gasteiger partial charge in [0.25, 0.3) is 0 Å². The van der Waals surface area contributed by atoms with Crippen molar-refractivity contribution < 1.29 is 9.47 Å². The Hall–Kier alpha value is -3.51. The zero-order valence-electron chi connectivity index (χ0n) is 15.0. The second kappa shape index (κ2) is 6.90. The first-order chi connectivity index (χ1) is 13.8. The molecule has 0 aliphatic rings. The van der Waals surface area contributed by atoms with Gasteiger partial charge in [-0.3, -0.25) is 4.98 Å². The minimum Gasteiger partial charge on any atom is -0.497 e. The van der Waals surface area contributed by atoms with Gasteiger partial charge in [-0.1, -0.05) is 30.3 Å². The van der Waals surface area contributed by atoms with Gasteiger partial charge in [-0.15, -0.1) is 11.3 Å². The van der Waals surface area contributed by atoms with Crippen molar-refractivity contribution in [1.29, 1.82) is 0 Å². The quantitative estimate of drug-likeness (QED) is 0.397. The summed E-state index contributed by atoms with van der Waals surface area (Å²) in [6, 6.07) is 17.7. The van der Waals surface area contributed by atoms with Crippen LogP contribution in [0.3, 0.4) is 0 Å². The maximum absolute atomic E-state index is 6.24. The number of thiophene rings is 1. The number of rotatable bonds is 4. The van der Waals surface area contributed by atoms with E-state index < -0.39 is 0 Å². The van der Waals surface area contributed by atoms with E-state index in [9.17, 15) is 0 Å². The Bertz CT molecular complexity index is 1280. The van der Waals surface area contributed by atoms with Crippen molar-refractivity contribution >= 4 is 32.5 Å². The lowest BCUT2D eigenvalue weighted by atomic mass is 10.1. The Morgan fingerprint density at radius 1 is 0.893 bits per heavy atom. The molecule has 3 aromatic heterocycles. The van der Waals surface area contributed by atoms with Gasteiger partial charge in [-0.2, -0.15) is 0 Å². The summed E-state index contributed by atoms with van der Waals surface area (Å²) < 4.78 is 11.5. The molecule has 0 bridgehead atoms.